The fourth-order valence-corrected chi connectivity index (χ4v) is 9.17. The highest BCUT2D eigenvalue weighted by atomic mass is 16.5. The smallest absolute Gasteiger partial charge is 0.265 e. The van der Waals surface area contributed by atoms with Crippen LogP contribution in [0.15, 0.2) is 82.6 Å². The number of Topliss-reactive ketones (excluding diaryl/α,β-unsaturated/α-hetero) is 2. The summed E-state index contributed by atoms with van der Waals surface area (Å²) < 4.78 is 18.4. The molecule has 0 amide bonds. The first-order valence-electron chi connectivity index (χ1n) is 19.2. The number of aliphatic hydroxyl groups excluding tert-OH is 1. The molecular weight excluding hydrogens is 697 g/mol. The van der Waals surface area contributed by atoms with E-state index in [2.05, 4.69) is 24.3 Å². The van der Waals surface area contributed by atoms with Crippen LogP contribution in [0, 0.1) is 17.8 Å². The molecule has 55 heavy (non-hydrogen) atoms. The Morgan fingerprint density at radius 3 is 2.18 bits per heavy atom. The average molecular weight is 747 g/mol. The van der Waals surface area contributed by atoms with Crippen molar-refractivity contribution < 1.29 is 33.8 Å². The third-order valence-corrected chi connectivity index (χ3v) is 12.2. The number of fused-ring (bicyclic) bond motifs is 4. The molecule has 1 saturated carbocycles. The van der Waals surface area contributed by atoms with Crippen LogP contribution in [-0.2, 0) is 26.2 Å². The summed E-state index contributed by atoms with van der Waals surface area (Å²) >= 11 is 0. The van der Waals surface area contributed by atoms with E-state index in [0.717, 1.165) is 27.9 Å². The van der Waals surface area contributed by atoms with Gasteiger partial charge in [-0.2, -0.15) is 0 Å². The van der Waals surface area contributed by atoms with Crippen LogP contribution in [0.5, 0.6) is 11.6 Å². The molecule has 0 saturated heterocycles. The number of benzene rings is 3. The van der Waals surface area contributed by atoms with Crippen molar-refractivity contribution in [1.29, 1.82) is 0 Å². The molecule has 4 aliphatic rings. The van der Waals surface area contributed by atoms with Gasteiger partial charge in [0.15, 0.2) is 17.1 Å². The van der Waals surface area contributed by atoms with E-state index in [0.29, 0.717) is 30.2 Å². The highest BCUT2D eigenvalue weighted by Gasteiger charge is 2.64. The van der Waals surface area contributed by atoms with Gasteiger partial charge in [-0.05, 0) is 98.9 Å². The van der Waals surface area contributed by atoms with Gasteiger partial charge in [0.25, 0.3) is 5.88 Å². The van der Waals surface area contributed by atoms with Gasteiger partial charge in [0, 0.05) is 43.4 Å². The number of nitrogens with zero attached hydrogens (tertiary/aromatic N) is 3. The first kappa shape index (κ1) is 37.0. The van der Waals surface area contributed by atoms with Crippen molar-refractivity contribution in [1.82, 2.24) is 15.4 Å². The number of hydrogen-bond acceptors (Lipinski definition) is 11. The lowest BCUT2D eigenvalue weighted by molar-refractivity contribution is -0.0559. The predicted molar refractivity (Wildman–Crippen MR) is 207 cm³/mol. The summed E-state index contributed by atoms with van der Waals surface area (Å²) in [5, 5.41) is 32.8. The highest BCUT2D eigenvalue weighted by molar-refractivity contribution is 6.16. The van der Waals surface area contributed by atoms with Crippen LogP contribution < -0.4 is 19.7 Å². The fourth-order valence-electron chi connectivity index (χ4n) is 9.17. The van der Waals surface area contributed by atoms with Crippen molar-refractivity contribution in [3.05, 3.63) is 117 Å². The summed E-state index contributed by atoms with van der Waals surface area (Å²) in [4.78, 5) is 33.5. The molecule has 4 aliphatic carbocycles. The van der Waals surface area contributed by atoms with E-state index in [1.165, 1.54) is 12.8 Å². The fraction of sp³-hybridized carbons (Fsp3) is 0.432. The molecule has 0 unspecified atom stereocenters. The Morgan fingerprint density at radius 1 is 0.945 bits per heavy atom. The Hall–Kier alpha value is -4.97. The number of nitrogens with one attached hydrogen (secondary N) is 1. The minimum atomic E-state index is -2.43. The van der Waals surface area contributed by atoms with E-state index in [1.54, 1.807) is 0 Å². The SMILES string of the molecule is CN(C)c1c(CNC(C)(C)C2CC2)cc(OCc2ccccc2)c2c1C[C@H]1C[C@H]3[C@H](N(C)C)c4onc(OCc5ccccc5)c4C(=O)[C@@]3(O)C(O)=C1C2=O. The number of allylic oxidation sites excluding steroid dienone is 1. The molecule has 3 aromatic carbocycles. The summed E-state index contributed by atoms with van der Waals surface area (Å²) in [5.41, 5.74) is 2.42. The standard InChI is InChI=1S/C44H50N4O7/c1-43(2,29-17-18-29)45-22-28-21-32(53-23-25-13-9-7-10-14-25)34-30(36(28)47(3)4)19-27-20-31-37(48(5)6)39-35(41(51)44(31,52)40(50)33(27)38(34)49)42(46-55-39)54-24-26-15-11-8-12-16-26/h7-16,21,27,29,31,37,45,50,52H,17-20,22-24H2,1-6H3/t27-,31-,37-,44-/m0/s1. The molecule has 4 aromatic rings. The summed E-state index contributed by atoms with van der Waals surface area (Å²) in [6, 6.07) is 20.5. The van der Waals surface area contributed by atoms with Gasteiger partial charge in [-0.3, -0.25) is 14.5 Å². The van der Waals surface area contributed by atoms with Gasteiger partial charge in [-0.25, -0.2) is 0 Å². The van der Waals surface area contributed by atoms with Crippen LogP contribution >= 0.6 is 0 Å². The van der Waals surface area contributed by atoms with Gasteiger partial charge >= 0.3 is 0 Å². The first-order valence-corrected chi connectivity index (χ1v) is 19.2. The molecule has 1 heterocycles. The molecule has 3 N–H and O–H groups in total. The minimum absolute atomic E-state index is 0.0318. The minimum Gasteiger partial charge on any atom is -0.508 e. The van der Waals surface area contributed by atoms with Crippen LogP contribution in [0.4, 0.5) is 5.69 Å². The van der Waals surface area contributed by atoms with E-state index in [9.17, 15) is 15.0 Å². The molecule has 1 aromatic heterocycles. The number of ketones is 2. The number of anilines is 1. The maximum absolute atomic E-state index is 15.0. The lowest BCUT2D eigenvalue weighted by atomic mass is 9.58. The van der Waals surface area contributed by atoms with E-state index in [1.807, 2.05) is 105 Å². The number of carbonyl (C=O) groups is 2. The van der Waals surface area contributed by atoms with E-state index >= 15 is 4.79 Å². The average Bonchev–Trinajstić information content (AvgIpc) is 3.95. The van der Waals surface area contributed by atoms with Crippen LogP contribution in [0.1, 0.15) is 87.9 Å². The quantitative estimate of drug-likeness (QED) is 0.145. The number of carbonyl (C=O) groups excluding carboxylic acids is 2. The Kier molecular flexibility index (Phi) is 9.38. The molecule has 8 rings (SSSR count). The van der Waals surface area contributed by atoms with Gasteiger partial charge in [-0.15, -0.1) is 0 Å². The Labute approximate surface area is 321 Å². The van der Waals surface area contributed by atoms with E-state index in [4.69, 9.17) is 14.0 Å². The number of ether oxygens (including phenoxy) is 2. The molecule has 0 radical (unpaired) electrons. The normalized spacial score (nSPS) is 23.2. The zero-order valence-corrected chi connectivity index (χ0v) is 32.4. The summed E-state index contributed by atoms with van der Waals surface area (Å²) in [7, 11) is 7.62. The summed E-state index contributed by atoms with van der Waals surface area (Å²) in [6.45, 7) is 5.39. The second-order valence-electron chi connectivity index (χ2n) is 16.6. The van der Waals surface area contributed by atoms with Crippen molar-refractivity contribution in [3.8, 4) is 11.6 Å². The van der Waals surface area contributed by atoms with Crippen molar-refractivity contribution in [2.24, 2.45) is 17.8 Å². The van der Waals surface area contributed by atoms with Gasteiger partial charge < -0.3 is 34.4 Å². The Bertz CT molecular complexity index is 2160. The molecule has 288 valence electrons. The largest absolute Gasteiger partial charge is 0.508 e. The summed E-state index contributed by atoms with van der Waals surface area (Å²) in [6.07, 6.45) is 3.03. The van der Waals surface area contributed by atoms with Crippen molar-refractivity contribution in [2.45, 2.75) is 76.5 Å². The third kappa shape index (κ3) is 6.32. The van der Waals surface area contributed by atoms with Crippen LogP contribution in [0.2, 0.25) is 0 Å². The molecule has 11 heteroatoms. The molecule has 4 atom stereocenters. The van der Waals surface area contributed by atoms with Crippen LogP contribution in [0.3, 0.4) is 0 Å². The van der Waals surface area contributed by atoms with Crippen LogP contribution in [-0.4, -0.2) is 71.2 Å². The molecule has 0 spiro atoms. The second-order valence-corrected chi connectivity index (χ2v) is 16.6. The van der Waals surface area contributed by atoms with Crippen molar-refractivity contribution in [2.75, 3.05) is 33.1 Å². The Balaban J connectivity index is 1.23. The number of aliphatic hydroxyl groups is 2. The molecule has 0 bridgehead atoms. The first-order chi connectivity index (χ1) is 26.3. The van der Waals surface area contributed by atoms with Crippen molar-refractivity contribution in [3.63, 3.8) is 0 Å². The van der Waals surface area contributed by atoms with E-state index < -0.39 is 40.8 Å². The Morgan fingerprint density at radius 2 is 1.58 bits per heavy atom. The zero-order chi connectivity index (χ0) is 38.8. The van der Waals surface area contributed by atoms with Gasteiger partial charge in [0.05, 0.1) is 11.6 Å². The molecule has 11 nitrogen and oxygen atoms in total. The predicted octanol–water partition coefficient (Wildman–Crippen LogP) is 6.59. The zero-order valence-electron chi connectivity index (χ0n) is 32.4. The monoisotopic (exact) mass is 746 g/mol. The number of rotatable bonds is 12. The molecule has 0 aliphatic heterocycles. The van der Waals surface area contributed by atoms with Gasteiger partial charge in [0.2, 0.25) is 5.78 Å². The van der Waals surface area contributed by atoms with Crippen LogP contribution in [0.25, 0.3) is 0 Å². The van der Waals surface area contributed by atoms with Crippen molar-refractivity contribution >= 4 is 17.3 Å². The number of hydrogen-bond donors (Lipinski definition) is 3. The lowest BCUT2D eigenvalue weighted by Crippen LogP contribution is -2.59. The number of aromatic nitrogens is 1. The van der Waals surface area contributed by atoms with Gasteiger partial charge in [-0.1, -0.05) is 60.7 Å². The second kappa shape index (κ2) is 14.0. The third-order valence-electron chi connectivity index (χ3n) is 12.2. The maximum atomic E-state index is 15.0. The topological polar surface area (TPSA) is 138 Å². The highest BCUT2D eigenvalue weighted by Crippen LogP contribution is 2.57. The lowest BCUT2D eigenvalue weighted by Gasteiger charge is -2.49. The molecule has 1 fully saturated rings. The van der Waals surface area contributed by atoms with E-state index in [-0.39, 0.29) is 48.0 Å². The summed E-state index contributed by atoms with van der Waals surface area (Å²) in [5.74, 6) is -2.01. The molecular formula is C44H50N4O7. The van der Waals surface area contributed by atoms with Gasteiger partial charge in [0.1, 0.15) is 30.3 Å². The maximum Gasteiger partial charge on any atom is 0.265 e.